The van der Waals surface area contributed by atoms with E-state index in [-0.39, 0.29) is 5.56 Å². The van der Waals surface area contributed by atoms with Crippen molar-refractivity contribution in [2.45, 2.75) is 65.8 Å². The molecule has 0 N–H and O–H groups in total. The Hall–Kier alpha value is -2.03. The van der Waals surface area contributed by atoms with Crippen molar-refractivity contribution in [3.63, 3.8) is 0 Å². The maximum Gasteiger partial charge on any atom is 0.254 e. The monoisotopic (exact) mass is 341 g/mol. The standard InChI is InChI=1S/C22H31NO2/c1-4-5-6-7-8-11-15-23-20-13-10-9-12-19(20)21(17-22(23)24)25-16-14-18(2)3/h9-10,12-14,17H,4-8,11,15-16H2,1-3H3. The highest BCUT2D eigenvalue weighted by molar-refractivity contribution is 5.85. The number of pyridine rings is 1. The van der Waals surface area contributed by atoms with Crippen LogP contribution in [0.3, 0.4) is 0 Å². The van der Waals surface area contributed by atoms with E-state index in [9.17, 15) is 4.79 Å². The van der Waals surface area contributed by atoms with Gasteiger partial charge in [0.1, 0.15) is 12.4 Å². The average molecular weight is 341 g/mol. The number of nitrogens with zero attached hydrogens (tertiary/aromatic N) is 1. The summed E-state index contributed by atoms with van der Waals surface area (Å²) in [6.45, 7) is 7.58. The molecule has 0 spiro atoms. The summed E-state index contributed by atoms with van der Waals surface area (Å²) in [7, 11) is 0. The zero-order valence-electron chi connectivity index (χ0n) is 15.9. The molecule has 3 nitrogen and oxygen atoms in total. The molecule has 1 aromatic carbocycles. The van der Waals surface area contributed by atoms with E-state index in [0.717, 1.165) is 23.9 Å². The topological polar surface area (TPSA) is 31.2 Å². The molecule has 2 rings (SSSR count). The molecule has 1 heterocycles. The molecule has 0 unspecified atom stereocenters. The van der Waals surface area contributed by atoms with Crippen LogP contribution in [0.2, 0.25) is 0 Å². The quantitative estimate of drug-likeness (QED) is 0.409. The Bertz CT molecular complexity index is 754. The Morgan fingerprint density at radius 2 is 1.80 bits per heavy atom. The van der Waals surface area contributed by atoms with Gasteiger partial charge in [0, 0.05) is 18.0 Å². The second-order valence-corrected chi connectivity index (χ2v) is 6.88. The molecule has 0 bridgehead atoms. The second-order valence-electron chi connectivity index (χ2n) is 6.88. The number of fused-ring (bicyclic) bond motifs is 1. The van der Waals surface area contributed by atoms with E-state index in [1.165, 1.54) is 37.7 Å². The number of allylic oxidation sites excluding steroid dienone is 1. The highest BCUT2D eigenvalue weighted by atomic mass is 16.5. The number of rotatable bonds is 10. The first-order valence-corrected chi connectivity index (χ1v) is 9.52. The predicted octanol–water partition coefficient (Wildman–Crippen LogP) is 5.71. The highest BCUT2D eigenvalue weighted by Crippen LogP contribution is 2.24. The van der Waals surface area contributed by atoms with Gasteiger partial charge in [-0.25, -0.2) is 0 Å². The first kappa shape index (κ1) is 19.3. The fourth-order valence-electron chi connectivity index (χ4n) is 3.00. The lowest BCUT2D eigenvalue weighted by atomic mass is 10.1. The van der Waals surface area contributed by atoms with E-state index in [1.54, 1.807) is 6.07 Å². The molecule has 0 atom stereocenters. The van der Waals surface area contributed by atoms with E-state index in [2.05, 4.69) is 6.92 Å². The van der Waals surface area contributed by atoms with Crippen molar-refractivity contribution in [3.05, 3.63) is 52.3 Å². The zero-order valence-corrected chi connectivity index (χ0v) is 15.9. The maximum absolute atomic E-state index is 12.6. The van der Waals surface area contributed by atoms with Crippen LogP contribution in [0.15, 0.2) is 46.8 Å². The van der Waals surface area contributed by atoms with E-state index in [4.69, 9.17) is 4.74 Å². The molecule has 0 radical (unpaired) electrons. The maximum atomic E-state index is 12.6. The van der Waals surface area contributed by atoms with Gasteiger partial charge in [-0.15, -0.1) is 0 Å². The molecule has 25 heavy (non-hydrogen) atoms. The highest BCUT2D eigenvalue weighted by Gasteiger charge is 2.09. The van der Waals surface area contributed by atoms with Crippen LogP contribution in [0.5, 0.6) is 5.75 Å². The van der Waals surface area contributed by atoms with Crippen LogP contribution in [0.25, 0.3) is 10.9 Å². The summed E-state index contributed by atoms with van der Waals surface area (Å²) in [6.07, 6.45) is 9.37. The van der Waals surface area contributed by atoms with Crippen molar-refractivity contribution in [1.82, 2.24) is 4.57 Å². The Balaban J connectivity index is 2.14. The van der Waals surface area contributed by atoms with Gasteiger partial charge in [0.15, 0.2) is 0 Å². The lowest BCUT2D eigenvalue weighted by Gasteiger charge is -2.14. The average Bonchev–Trinajstić information content (AvgIpc) is 2.59. The lowest BCUT2D eigenvalue weighted by Crippen LogP contribution is -2.20. The minimum absolute atomic E-state index is 0.0273. The Kier molecular flexibility index (Phi) is 7.77. The van der Waals surface area contributed by atoms with Crippen LogP contribution in [0, 0.1) is 0 Å². The summed E-state index contributed by atoms with van der Waals surface area (Å²) < 4.78 is 7.74. The normalized spacial score (nSPS) is 10.8. The van der Waals surface area contributed by atoms with E-state index in [1.807, 2.05) is 48.8 Å². The zero-order chi connectivity index (χ0) is 18.1. The first-order chi connectivity index (χ1) is 12.1. The molecule has 2 aromatic rings. The smallest absolute Gasteiger partial charge is 0.254 e. The molecule has 3 heteroatoms. The fourth-order valence-corrected chi connectivity index (χ4v) is 3.00. The Labute approximate surface area is 151 Å². The summed E-state index contributed by atoms with van der Waals surface area (Å²) in [6, 6.07) is 9.67. The van der Waals surface area contributed by atoms with Crippen molar-refractivity contribution in [2.75, 3.05) is 6.61 Å². The third kappa shape index (κ3) is 5.77. The fraction of sp³-hybridized carbons (Fsp3) is 0.500. The van der Waals surface area contributed by atoms with Crippen molar-refractivity contribution >= 4 is 10.9 Å². The number of hydrogen-bond acceptors (Lipinski definition) is 2. The van der Waals surface area contributed by atoms with Crippen LogP contribution in [0.4, 0.5) is 0 Å². The van der Waals surface area contributed by atoms with Crippen molar-refractivity contribution < 1.29 is 4.74 Å². The molecule has 0 fully saturated rings. The SMILES string of the molecule is CCCCCCCCn1c(=O)cc(OCC=C(C)C)c2ccccc21. The molecule has 0 amide bonds. The van der Waals surface area contributed by atoms with E-state index in [0.29, 0.717) is 12.4 Å². The number of hydrogen-bond donors (Lipinski definition) is 0. The Morgan fingerprint density at radius 3 is 2.56 bits per heavy atom. The van der Waals surface area contributed by atoms with Gasteiger partial charge in [-0.3, -0.25) is 4.79 Å². The summed E-state index contributed by atoms with van der Waals surface area (Å²) >= 11 is 0. The van der Waals surface area contributed by atoms with Crippen molar-refractivity contribution in [1.29, 1.82) is 0 Å². The van der Waals surface area contributed by atoms with Gasteiger partial charge in [0.25, 0.3) is 5.56 Å². The van der Waals surface area contributed by atoms with Gasteiger partial charge in [0.2, 0.25) is 0 Å². The van der Waals surface area contributed by atoms with E-state index < -0.39 is 0 Å². The van der Waals surface area contributed by atoms with Crippen LogP contribution < -0.4 is 10.3 Å². The molecule has 0 saturated heterocycles. The number of aromatic nitrogens is 1. The third-order valence-electron chi connectivity index (χ3n) is 4.45. The number of unbranched alkanes of at least 4 members (excludes halogenated alkanes) is 5. The lowest BCUT2D eigenvalue weighted by molar-refractivity contribution is 0.365. The Morgan fingerprint density at radius 1 is 1.08 bits per heavy atom. The molecule has 0 saturated carbocycles. The number of benzene rings is 1. The summed E-state index contributed by atoms with van der Waals surface area (Å²) in [5, 5.41) is 1.01. The number of para-hydroxylation sites is 1. The number of aryl methyl sites for hydroxylation is 1. The second kappa shape index (κ2) is 10.1. The van der Waals surface area contributed by atoms with Crippen LogP contribution in [0.1, 0.15) is 59.3 Å². The van der Waals surface area contributed by atoms with Crippen LogP contribution in [-0.2, 0) is 6.54 Å². The molecule has 0 aliphatic rings. The molecule has 1 aromatic heterocycles. The molecular weight excluding hydrogens is 310 g/mol. The van der Waals surface area contributed by atoms with E-state index >= 15 is 0 Å². The van der Waals surface area contributed by atoms with Crippen molar-refractivity contribution in [3.8, 4) is 5.75 Å². The molecule has 0 aliphatic carbocycles. The number of ether oxygens (including phenoxy) is 1. The first-order valence-electron chi connectivity index (χ1n) is 9.52. The largest absolute Gasteiger partial charge is 0.489 e. The molecule has 0 aliphatic heterocycles. The molecular formula is C22H31NO2. The summed E-state index contributed by atoms with van der Waals surface area (Å²) in [5.74, 6) is 0.678. The minimum atomic E-state index is 0.0273. The van der Waals surface area contributed by atoms with Crippen molar-refractivity contribution in [2.24, 2.45) is 0 Å². The van der Waals surface area contributed by atoms with Gasteiger partial charge in [-0.2, -0.15) is 0 Å². The van der Waals surface area contributed by atoms with Gasteiger partial charge in [-0.05, 0) is 38.5 Å². The van der Waals surface area contributed by atoms with Gasteiger partial charge in [0.05, 0.1) is 5.52 Å². The summed E-state index contributed by atoms with van der Waals surface area (Å²) in [5.41, 5.74) is 2.20. The van der Waals surface area contributed by atoms with Crippen LogP contribution in [-0.4, -0.2) is 11.2 Å². The predicted molar refractivity (Wildman–Crippen MR) is 107 cm³/mol. The van der Waals surface area contributed by atoms with Gasteiger partial charge < -0.3 is 9.30 Å². The third-order valence-corrected chi connectivity index (χ3v) is 4.45. The summed E-state index contributed by atoms with van der Waals surface area (Å²) in [4.78, 5) is 12.6. The minimum Gasteiger partial charge on any atom is -0.489 e. The molecule has 136 valence electrons. The van der Waals surface area contributed by atoms with Crippen LogP contribution >= 0.6 is 0 Å². The van der Waals surface area contributed by atoms with Gasteiger partial charge >= 0.3 is 0 Å². The van der Waals surface area contributed by atoms with Gasteiger partial charge in [-0.1, -0.05) is 56.7 Å².